The largest absolute Gasteiger partial charge is 0.417 e. The number of hydrogen-bond acceptors (Lipinski definition) is 6. The van der Waals surface area contributed by atoms with Crippen LogP contribution in [0, 0.1) is 5.82 Å². The number of allylic oxidation sites excluding steroid dienone is 1. The number of nitrogens with one attached hydrogen (secondary N) is 2. The highest BCUT2D eigenvalue weighted by atomic mass is 19.4. The van der Waals surface area contributed by atoms with Gasteiger partial charge >= 0.3 is 6.18 Å². The third kappa shape index (κ3) is 6.69. The molecule has 0 bridgehead atoms. The van der Waals surface area contributed by atoms with Crippen LogP contribution in [0.2, 0.25) is 0 Å². The highest BCUT2D eigenvalue weighted by Gasteiger charge is 2.40. The maximum absolute atomic E-state index is 15.2. The molecule has 7 nitrogen and oxygen atoms in total. The van der Waals surface area contributed by atoms with Crippen LogP contribution in [0.5, 0.6) is 0 Å². The van der Waals surface area contributed by atoms with Gasteiger partial charge in [-0.15, -0.1) is 0 Å². The zero-order valence-corrected chi connectivity index (χ0v) is 23.7. The maximum Gasteiger partial charge on any atom is 0.417 e. The number of anilines is 2. The third-order valence-corrected chi connectivity index (χ3v) is 7.95. The molecular weight excluding hydrogens is 550 g/mol. The van der Waals surface area contributed by atoms with Crippen LogP contribution in [0.3, 0.4) is 0 Å². The number of amides is 1. The molecule has 0 aromatic heterocycles. The van der Waals surface area contributed by atoms with E-state index in [0.29, 0.717) is 54.8 Å². The summed E-state index contributed by atoms with van der Waals surface area (Å²) in [5.74, 6) is -1.36. The summed E-state index contributed by atoms with van der Waals surface area (Å²) in [6.07, 6.45) is -2.00. The van der Waals surface area contributed by atoms with Gasteiger partial charge in [0.2, 0.25) is 0 Å². The summed E-state index contributed by atoms with van der Waals surface area (Å²) in [6.45, 7) is 8.39. The number of hydrogen-bond donors (Lipinski definition) is 2. The maximum atomic E-state index is 15.2. The van der Waals surface area contributed by atoms with Crippen molar-refractivity contribution in [3.63, 3.8) is 0 Å². The Labute approximate surface area is 243 Å². The van der Waals surface area contributed by atoms with Gasteiger partial charge < -0.3 is 25.2 Å². The fourth-order valence-corrected chi connectivity index (χ4v) is 5.45. The van der Waals surface area contributed by atoms with Crippen LogP contribution in [-0.2, 0) is 16.1 Å². The Morgan fingerprint density at radius 1 is 1.17 bits per heavy atom. The number of carbonyl (C=O) groups excluding carboxylic acids is 1. The number of ether oxygens (including phenoxy) is 1. The molecule has 2 N–H and O–H groups in total. The zero-order chi connectivity index (χ0) is 30.0. The molecule has 0 aliphatic carbocycles. The Morgan fingerprint density at radius 2 is 1.93 bits per heavy atom. The lowest BCUT2D eigenvalue weighted by Gasteiger charge is -2.35. The van der Waals surface area contributed by atoms with Gasteiger partial charge in [-0.3, -0.25) is 9.69 Å². The molecule has 2 fully saturated rings. The van der Waals surface area contributed by atoms with Crippen molar-refractivity contribution in [2.45, 2.75) is 25.2 Å². The summed E-state index contributed by atoms with van der Waals surface area (Å²) in [6, 6.07) is 10.4. The smallest absolute Gasteiger partial charge is 0.380 e. The molecule has 3 aliphatic heterocycles. The molecule has 2 aromatic carbocycles. The molecule has 2 aromatic rings. The summed E-state index contributed by atoms with van der Waals surface area (Å²) >= 11 is 0. The number of dihydropyridines is 1. The number of benzene rings is 2. The van der Waals surface area contributed by atoms with Gasteiger partial charge in [-0.2, -0.15) is 13.2 Å². The van der Waals surface area contributed by atoms with Crippen LogP contribution in [0.1, 0.15) is 12.0 Å². The molecule has 0 spiro atoms. The van der Waals surface area contributed by atoms with Crippen LogP contribution in [0.4, 0.5) is 28.9 Å². The first-order valence-electron chi connectivity index (χ1n) is 13.9. The first-order chi connectivity index (χ1) is 20.0. The van der Waals surface area contributed by atoms with Gasteiger partial charge in [0.25, 0.3) is 5.91 Å². The predicted molar refractivity (Wildman–Crippen MR) is 155 cm³/mol. The molecule has 0 radical (unpaired) electrons. The molecule has 1 unspecified atom stereocenters. The van der Waals surface area contributed by atoms with E-state index in [4.69, 9.17) is 4.74 Å². The molecule has 42 heavy (non-hydrogen) atoms. The van der Waals surface area contributed by atoms with E-state index in [9.17, 15) is 18.0 Å². The lowest BCUT2D eigenvalue weighted by atomic mass is 9.99. The van der Waals surface area contributed by atoms with E-state index in [-0.39, 0.29) is 5.70 Å². The lowest BCUT2D eigenvalue weighted by Crippen LogP contribution is -2.44. The highest BCUT2D eigenvalue weighted by Crippen LogP contribution is 2.37. The van der Waals surface area contributed by atoms with Gasteiger partial charge in [0.15, 0.2) is 0 Å². The second kappa shape index (κ2) is 12.3. The van der Waals surface area contributed by atoms with E-state index >= 15 is 4.39 Å². The summed E-state index contributed by atoms with van der Waals surface area (Å²) in [5.41, 5.74) is 1.10. The first kappa shape index (κ1) is 29.8. The van der Waals surface area contributed by atoms with Gasteiger partial charge in [-0.05, 0) is 62.0 Å². The van der Waals surface area contributed by atoms with E-state index in [1.165, 1.54) is 6.07 Å². The van der Waals surface area contributed by atoms with Crippen molar-refractivity contribution in [1.29, 1.82) is 0 Å². The van der Waals surface area contributed by atoms with Crippen molar-refractivity contribution < 1.29 is 27.1 Å². The number of likely N-dealkylation sites (N-methyl/N-ethyl adjacent to an activating group) is 2. The Balaban J connectivity index is 1.48. The number of alkyl halides is 3. The molecule has 0 saturated carbocycles. The van der Waals surface area contributed by atoms with Crippen LogP contribution in [0.25, 0.3) is 11.1 Å². The van der Waals surface area contributed by atoms with Crippen molar-refractivity contribution in [3.8, 4) is 11.1 Å². The minimum Gasteiger partial charge on any atom is -0.380 e. The first-order valence-corrected chi connectivity index (χ1v) is 13.9. The van der Waals surface area contributed by atoms with Gasteiger partial charge in [-0.1, -0.05) is 18.7 Å². The number of halogens is 4. The van der Waals surface area contributed by atoms with E-state index in [1.807, 2.05) is 14.1 Å². The summed E-state index contributed by atoms with van der Waals surface area (Å²) in [4.78, 5) is 19.7. The Hall–Kier alpha value is -3.67. The van der Waals surface area contributed by atoms with Crippen molar-refractivity contribution in [2.24, 2.45) is 0 Å². The van der Waals surface area contributed by atoms with Crippen molar-refractivity contribution in [2.75, 3.05) is 63.7 Å². The van der Waals surface area contributed by atoms with E-state index in [2.05, 4.69) is 31.9 Å². The molecule has 1 atom stereocenters. The minimum absolute atomic E-state index is 0.0282. The molecule has 2 saturated heterocycles. The van der Waals surface area contributed by atoms with Crippen molar-refractivity contribution in [1.82, 2.24) is 15.1 Å². The number of nitrogens with zero attached hydrogens (tertiary/aromatic N) is 3. The fourth-order valence-electron chi connectivity index (χ4n) is 5.45. The van der Waals surface area contributed by atoms with Gasteiger partial charge in [0, 0.05) is 62.8 Å². The van der Waals surface area contributed by atoms with Crippen LogP contribution >= 0.6 is 0 Å². The predicted octanol–water partition coefficient (Wildman–Crippen LogP) is 4.89. The Morgan fingerprint density at radius 3 is 2.62 bits per heavy atom. The molecular formula is C31H35F4N5O2. The molecule has 5 rings (SSSR count). The molecule has 224 valence electrons. The fraction of sp³-hybridized carbons (Fsp3) is 0.387. The summed E-state index contributed by atoms with van der Waals surface area (Å²) in [7, 11) is 4.02. The average Bonchev–Trinajstić information content (AvgIpc) is 3.50. The molecule has 1 amide bonds. The number of piperazine rings is 1. The second-order valence-corrected chi connectivity index (χ2v) is 11.0. The summed E-state index contributed by atoms with van der Waals surface area (Å²) in [5, 5.41) is 5.30. The highest BCUT2D eigenvalue weighted by molar-refractivity contribution is 6.09. The molecule has 11 heteroatoms. The van der Waals surface area contributed by atoms with Gasteiger partial charge in [0.1, 0.15) is 5.82 Å². The van der Waals surface area contributed by atoms with Crippen LogP contribution < -0.4 is 15.5 Å². The standard InChI is InChI=1S/C31H35F4N5O2/c1-20-14-26(31(33,34)35)25(17-36-20)30(41)37-28-16-22(5-7-29(28)40-11-9-38(2)10-12-40)24-15-21(4-6-27(24)32)18-39(3)23-8-13-42-19-23/h4-7,14-17,23,36H,1,8-13,18-19H2,2-3H3,(H,37,41). The Bertz CT molecular complexity index is 1410. The number of carbonyl (C=O) groups is 1. The zero-order valence-electron chi connectivity index (χ0n) is 23.7. The van der Waals surface area contributed by atoms with Crippen LogP contribution in [0.15, 0.2) is 72.1 Å². The van der Waals surface area contributed by atoms with Gasteiger partial charge in [0.05, 0.1) is 29.1 Å². The molecule has 3 heterocycles. The monoisotopic (exact) mass is 585 g/mol. The van der Waals surface area contributed by atoms with Crippen molar-refractivity contribution >= 4 is 17.3 Å². The van der Waals surface area contributed by atoms with E-state index in [1.54, 1.807) is 30.3 Å². The Kier molecular flexibility index (Phi) is 8.72. The normalized spacial score (nSPS) is 19.9. The van der Waals surface area contributed by atoms with Gasteiger partial charge in [-0.25, -0.2) is 4.39 Å². The van der Waals surface area contributed by atoms with E-state index < -0.39 is 29.0 Å². The van der Waals surface area contributed by atoms with Crippen molar-refractivity contribution in [3.05, 3.63) is 83.5 Å². The third-order valence-electron chi connectivity index (χ3n) is 7.95. The molecule has 3 aliphatic rings. The minimum atomic E-state index is -4.75. The SMILES string of the molecule is C=C1C=C(C(F)(F)F)C(C(=O)Nc2cc(-c3cc(CN(C)C4CCOC4)ccc3F)ccc2N2CCN(C)CC2)=CN1. The lowest BCUT2D eigenvalue weighted by molar-refractivity contribution is -0.115. The second-order valence-electron chi connectivity index (χ2n) is 11.0. The quantitative estimate of drug-likeness (QED) is 0.452. The topological polar surface area (TPSA) is 60.1 Å². The number of rotatable bonds is 7. The van der Waals surface area contributed by atoms with E-state index in [0.717, 1.165) is 44.0 Å². The average molecular weight is 586 g/mol. The summed E-state index contributed by atoms with van der Waals surface area (Å²) < 4.78 is 62.1. The van der Waals surface area contributed by atoms with Crippen LogP contribution in [-0.4, -0.2) is 81.4 Å².